The van der Waals surface area contributed by atoms with Crippen molar-refractivity contribution >= 4 is 18.0 Å². The van der Waals surface area contributed by atoms with Crippen molar-refractivity contribution < 1.29 is 24.2 Å². The summed E-state index contributed by atoms with van der Waals surface area (Å²) in [6.07, 6.45) is 5.86. The van der Waals surface area contributed by atoms with Gasteiger partial charge in [0.25, 0.3) is 0 Å². The molecule has 2 aromatic rings. The largest absolute Gasteiger partial charge is 0.480 e. The third-order valence-electron chi connectivity index (χ3n) is 6.23. The Morgan fingerprint density at radius 1 is 0.943 bits per heavy atom. The number of alkyl carbamates (subject to hydrolysis) is 1. The minimum Gasteiger partial charge on any atom is -0.480 e. The molecule has 35 heavy (non-hydrogen) atoms. The summed E-state index contributed by atoms with van der Waals surface area (Å²) in [6, 6.07) is 15.6. The summed E-state index contributed by atoms with van der Waals surface area (Å²) < 4.78 is 5.53. The van der Waals surface area contributed by atoms with Gasteiger partial charge in [-0.3, -0.25) is 4.79 Å². The Bertz CT molecular complexity index is 990. The van der Waals surface area contributed by atoms with E-state index in [1.165, 1.54) is 28.3 Å². The Balaban J connectivity index is 1.27. The molecule has 0 bridgehead atoms. The Morgan fingerprint density at radius 2 is 1.54 bits per heavy atom. The Hall–Kier alpha value is -3.61. The van der Waals surface area contributed by atoms with Crippen molar-refractivity contribution in [1.29, 1.82) is 0 Å². The number of carbonyl (C=O) groups is 3. The molecular formula is C28H34N2O5. The highest BCUT2D eigenvalue weighted by molar-refractivity contribution is 5.83. The number of rotatable bonds is 14. The molecule has 0 radical (unpaired) electrons. The first-order valence-electron chi connectivity index (χ1n) is 12.2. The molecule has 1 unspecified atom stereocenters. The average Bonchev–Trinajstić information content (AvgIpc) is 3.17. The molecule has 2 amide bonds. The molecule has 0 spiro atoms. The van der Waals surface area contributed by atoms with Crippen LogP contribution in [0.3, 0.4) is 0 Å². The maximum Gasteiger partial charge on any atom is 0.407 e. The number of carboxylic acid groups (broad SMARTS) is 1. The van der Waals surface area contributed by atoms with Gasteiger partial charge in [-0.1, -0.05) is 73.9 Å². The van der Waals surface area contributed by atoms with Crippen LogP contribution in [-0.2, 0) is 14.3 Å². The van der Waals surface area contributed by atoms with Crippen LogP contribution in [0.2, 0.25) is 0 Å². The van der Waals surface area contributed by atoms with Gasteiger partial charge in [-0.2, -0.15) is 0 Å². The molecular weight excluding hydrogens is 444 g/mol. The molecule has 0 saturated carbocycles. The van der Waals surface area contributed by atoms with Crippen LogP contribution in [-0.4, -0.2) is 42.3 Å². The number of nitrogens with one attached hydrogen (secondary N) is 2. The molecule has 2 aromatic carbocycles. The second-order valence-electron chi connectivity index (χ2n) is 8.75. The molecule has 0 fully saturated rings. The van der Waals surface area contributed by atoms with E-state index in [9.17, 15) is 14.4 Å². The van der Waals surface area contributed by atoms with Crippen LogP contribution in [0.15, 0.2) is 61.2 Å². The summed E-state index contributed by atoms with van der Waals surface area (Å²) >= 11 is 0. The normalized spacial score (nSPS) is 12.8. The fraction of sp³-hybridized carbons (Fsp3) is 0.393. The van der Waals surface area contributed by atoms with Crippen LogP contribution < -0.4 is 10.6 Å². The number of benzene rings is 2. The third kappa shape index (κ3) is 7.44. The lowest BCUT2D eigenvalue weighted by Crippen LogP contribution is -2.40. The fourth-order valence-electron chi connectivity index (χ4n) is 4.44. The van der Waals surface area contributed by atoms with E-state index in [0.717, 1.165) is 25.7 Å². The number of aliphatic carboxylic acids is 1. The van der Waals surface area contributed by atoms with Crippen molar-refractivity contribution in [3.63, 3.8) is 0 Å². The highest BCUT2D eigenvalue weighted by Crippen LogP contribution is 2.44. The fourth-order valence-corrected chi connectivity index (χ4v) is 4.44. The third-order valence-corrected chi connectivity index (χ3v) is 6.23. The summed E-state index contributed by atoms with van der Waals surface area (Å²) in [5, 5.41) is 14.4. The lowest BCUT2D eigenvalue weighted by molar-refractivity contribution is -0.141. The molecule has 0 aliphatic heterocycles. The summed E-state index contributed by atoms with van der Waals surface area (Å²) in [4.78, 5) is 35.1. The SMILES string of the molecule is C=CCC(NC(=O)CCCCCCCNC(=O)OCC1c2ccccc2-c2ccccc21)C(=O)O. The van der Waals surface area contributed by atoms with Crippen LogP contribution in [0.5, 0.6) is 0 Å². The van der Waals surface area contributed by atoms with Crippen molar-refractivity contribution in [1.82, 2.24) is 10.6 Å². The molecule has 7 nitrogen and oxygen atoms in total. The number of carboxylic acids is 1. The quantitative estimate of drug-likeness (QED) is 0.261. The monoisotopic (exact) mass is 478 g/mol. The second kappa shape index (κ2) is 13.3. The van der Waals surface area contributed by atoms with Gasteiger partial charge in [-0.05, 0) is 41.5 Å². The van der Waals surface area contributed by atoms with Crippen molar-refractivity contribution in [2.75, 3.05) is 13.2 Å². The van der Waals surface area contributed by atoms with Gasteiger partial charge >= 0.3 is 12.1 Å². The Labute approximate surface area is 206 Å². The predicted octanol–water partition coefficient (Wildman–Crippen LogP) is 5.01. The van der Waals surface area contributed by atoms with Gasteiger partial charge in [0.15, 0.2) is 0 Å². The molecule has 1 aliphatic carbocycles. The van der Waals surface area contributed by atoms with E-state index in [4.69, 9.17) is 9.84 Å². The number of unbranched alkanes of at least 4 members (excludes halogenated alkanes) is 4. The first-order chi connectivity index (χ1) is 17.0. The number of amides is 2. The minimum absolute atomic E-state index is 0.0490. The van der Waals surface area contributed by atoms with Gasteiger partial charge < -0.3 is 20.5 Å². The maximum absolute atomic E-state index is 12.2. The molecule has 0 heterocycles. The van der Waals surface area contributed by atoms with Crippen LogP contribution in [0.4, 0.5) is 4.79 Å². The number of carbonyl (C=O) groups excluding carboxylic acids is 2. The van der Waals surface area contributed by atoms with Crippen molar-refractivity contribution in [3.8, 4) is 11.1 Å². The van der Waals surface area contributed by atoms with Crippen LogP contribution in [0.25, 0.3) is 11.1 Å². The highest BCUT2D eigenvalue weighted by Gasteiger charge is 2.28. The molecule has 1 aliphatic rings. The molecule has 3 rings (SSSR count). The van der Waals surface area contributed by atoms with Gasteiger partial charge in [0.2, 0.25) is 5.91 Å². The van der Waals surface area contributed by atoms with Gasteiger partial charge in [-0.15, -0.1) is 6.58 Å². The van der Waals surface area contributed by atoms with Crippen LogP contribution in [0.1, 0.15) is 62.0 Å². The van der Waals surface area contributed by atoms with Gasteiger partial charge in [-0.25, -0.2) is 9.59 Å². The number of hydrogen-bond acceptors (Lipinski definition) is 4. The van der Waals surface area contributed by atoms with Gasteiger partial charge in [0.1, 0.15) is 12.6 Å². The predicted molar refractivity (Wildman–Crippen MR) is 135 cm³/mol. The highest BCUT2D eigenvalue weighted by atomic mass is 16.5. The molecule has 7 heteroatoms. The standard InChI is InChI=1S/C28H34N2O5/c1-2-12-25(27(32)33)30-26(31)17-6-4-3-5-11-18-29-28(34)35-19-24-22-15-9-7-13-20(22)21-14-8-10-16-23(21)24/h2,7-10,13-16,24-25H,1,3-6,11-12,17-19H2,(H,29,34)(H,30,31)(H,32,33). The number of ether oxygens (including phenoxy) is 1. The van der Waals surface area contributed by atoms with Crippen LogP contribution >= 0.6 is 0 Å². The van der Waals surface area contributed by atoms with E-state index >= 15 is 0 Å². The van der Waals surface area contributed by atoms with E-state index in [0.29, 0.717) is 26.0 Å². The zero-order valence-electron chi connectivity index (χ0n) is 20.0. The number of fused-ring (bicyclic) bond motifs is 3. The lowest BCUT2D eigenvalue weighted by Gasteiger charge is -2.14. The van der Waals surface area contributed by atoms with Crippen molar-refractivity contribution in [3.05, 3.63) is 72.3 Å². The van der Waals surface area contributed by atoms with Crippen molar-refractivity contribution in [2.45, 2.75) is 56.9 Å². The van der Waals surface area contributed by atoms with Gasteiger partial charge in [0, 0.05) is 18.9 Å². The molecule has 1 atom stereocenters. The van der Waals surface area contributed by atoms with E-state index in [-0.39, 0.29) is 18.2 Å². The zero-order valence-corrected chi connectivity index (χ0v) is 20.0. The number of hydrogen-bond donors (Lipinski definition) is 3. The average molecular weight is 479 g/mol. The molecule has 0 aromatic heterocycles. The summed E-state index contributed by atoms with van der Waals surface area (Å²) in [6.45, 7) is 4.35. The zero-order chi connectivity index (χ0) is 25.0. The smallest absolute Gasteiger partial charge is 0.407 e. The summed E-state index contributed by atoms with van der Waals surface area (Å²) in [7, 11) is 0. The first kappa shape index (κ1) is 26.0. The Morgan fingerprint density at radius 3 is 2.17 bits per heavy atom. The molecule has 186 valence electrons. The van der Waals surface area contributed by atoms with E-state index < -0.39 is 18.1 Å². The van der Waals surface area contributed by atoms with E-state index in [1.807, 2.05) is 24.3 Å². The summed E-state index contributed by atoms with van der Waals surface area (Å²) in [5.41, 5.74) is 4.78. The second-order valence-corrected chi connectivity index (χ2v) is 8.75. The van der Waals surface area contributed by atoms with Crippen molar-refractivity contribution in [2.24, 2.45) is 0 Å². The topological polar surface area (TPSA) is 105 Å². The lowest BCUT2D eigenvalue weighted by atomic mass is 9.98. The van der Waals surface area contributed by atoms with E-state index in [2.05, 4.69) is 41.5 Å². The maximum atomic E-state index is 12.2. The molecule has 3 N–H and O–H groups in total. The minimum atomic E-state index is -1.05. The first-order valence-corrected chi connectivity index (χ1v) is 12.2. The van der Waals surface area contributed by atoms with Gasteiger partial charge in [0.05, 0.1) is 0 Å². The Kier molecular flexibility index (Phi) is 9.90. The van der Waals surface area contributed by atoms with E-state index in [1.54, 1.807) is 0 Å². The summed E-state index contributed by atoms with van der Waals surface area (Å²) in [5.74, 6) is -1.26. The van der Waals surface area contributed by atoms with Crippen LogP contribution in [0, 0.1) is 0 Å². The molecule has 0 saturated heterocycles.